The summed E-state index contributed by atoms with van der Waals surface area (Å²) in [6.07, 6.45) is 8.84. The molecule has 0 bridgehead atoms. The molecule has 2 aliphatic carbocycles. The third-order valence-electron chi connectivity index (χ3n) is 4.10. The van der Waals surface area contributed by atoms with E-state index >= 15 is 0 Å². The number of carbonyl (C=O) groups is 1. The maximum Gasteiger partial charge on any atom is 0.338 e. The van der Waals surface area contributed by atoms with Crippen LogP contribution in [0.1, 0.15) is 16.8 Å². The summed E-state index contributed by atoms with van der Waals surface area (Å²) < 4.78 is 5.16. The summed E-state index contributed by atoms with van der Waals surface area (Å²) in [7, 11) is 0. The van der Waals surface area contributed by atoms with E-state index in [4.69, 9.17) is 4.74 Å². The Hall–Kier alpha value is -3.03. The van der Waals surface area contributed by atoms with E-state index in [1.165, 1.54) is 0 Å². The van der Waals surface area contributed by atoms with Gasteiger partial charge in [0.2, 0.25) is 0 Å². The molecule has 0 N–H and O–H groups in total. The van der Waals surface area contributed by atoms with Crippen molar-refractivity contribution in [2.24, 2.45) is 11.3 Å². The Bertz CT molecular complexity index is 723. The molecule has 8 nitrogen and oxygen atoms in total. The number of hydrogen-bond acceptors (Lipinski definition) is 6. The van der Waals surface area contributed by atoms with Gasteiger partial charge in [-0.25, -0.2) is 4.79 Å². The van der Waals surface area contributed by atoms with Gasteiger partial charge in [0.05, 0.1) is 28.1 Å². The average Bonchev–Trinajstić information content (AvgIpc) is 2.97. The Labute approximate surface area is 130 Å². The molecule has 1 aromatic carbocycles. The highest BCUT2D eigenvalue weighted by Crippen LogP contribution is 2.56. The Balaban J connectivity index is 1.71. The second-order valence-electron chi connectivity index (χ2n) is 5.58. The maximum absolute atomic E-state index is 12.0. The fourth-order valence-electron chi connectivity index (χ4n) is 2.70. The molecule has 1 spiro atoms. The molecular formula is C15H12N2O6. The minimum atomic E-state index is -0.801. The van der Waals surface area contributed by atoms with E-state index in [0.29, 0.717) is 0 Å². The van der Waals surface area contributed by atoms with Gasteiger partial charge in [0, 0.05) is 23.5 Å². The lowest BCUT2D eigenvalue weighted by Crippen LogP contribution is -2.10. The minimum Gasteiger partial charge on any atom is -0.462 e. The number of non-ortho nitro benzene ring substituents is 2. The van der Waals surface area contributed by atoms with Gasteiger partial charge in [0.25, 0.3) is 11.4 Å². The quantitative estimate of drug-likeness (QED) is 0.469. The number of carbonyl (C=O) groups excluding carboxylic acids is 1. The fraction of sp³-hybridized carbons (Fsp3) is 0.267. The zero-order chi connectivity index (χ0) is 16.6. The molecule has 1 fully saturated rings. The number of nitrogens with zero attached hydrogens (tertiary/aromatic N) is 2. The molecule has 0 radical (unpaired) electrons. The Morgan fingerprint density at radius 2 is 1.70 bits per heavy atom. The van der Waals surface area contributed by atoms with Crippen molar-refractivity contribution in [1.29, 1.82) is 0 Å². The molecule has 0 aromatic heterocycles. The van der Waals surface area contributed by atoms with Crippen LogP contribution in [0, 0.1) is 31.6 Å². The minimum absolute atomic E-state index is 0.0328. The van der Waals surface area contributed by atoms with Crippen molar-refractivity contribution >= 4 is 17.3 Å². The molecule has 8 heteroatoms. The number of nitro groups is 2. The molecular weight excluding hydrogens is 304 g/mol. The van der Waals surface area contributed by atoms with Crippen LogP contribution in [0.3, 0.4) is 0 Å². The molecule has 23 heavy (non-hydrogen) atoms. The summed E-state index contributed by atoms with van der Waals surface area (Å²) in [5, 5.41) is 21.6. The van der Waals surface area contributed by atoms with Gasteiger partial charge in [-0.15, -0.1) is 0 Å². The Morgan fingerprint density at radius 3 is 2.22 bits per heavy atom. The second kappa shape index (κ2) is 5.31. The van der Waals surface area contributed by atoms with E-state index in [2.05, 4.69) is 0 Å². The number of ether oxygens (including phenoxy) is 1. The van der Waals surface area contributed by atoms with Crippen molar-refractivity contribution in [3.05, 3.63) is 68.3 Å². The normalized spacial score (nSPS) is 19.7. The number of esters is 1. The van der Waals surface area contributed by atoms with Crippen LogP contribution >= 0.6 is 0 Å². The molecule has 3 rings (SSSR count). The van der Waals surface area contributed by atoms with Crippen molar-refractivity contribution < 1.29 is 19.4 Å². The standard InChI is InChI=1S/C15H12N2O6/c18-14(23-9-11-8-15(11)3-1-2-4-15)10-5-12(16(19)20)7-13(6-10)17(21)22/h1-7,11H,8-9H2/t11-/m0/s1. The van der Waals surface area contributed by atoms with Crippen LogP contribution in [0.4, 0.5) is 11.4 Å². The number of allylic oxidation sites excluding steroid dienone is 4. The lowest BCUT2D eigenvalue weighted by Gasteiger charge is -2.06. The van der Waals surface area contributed by atoms with Crippen LogP contribution in [0.5, 0.6) is 0 Å². The van der Waals surface area contributed by atoms with Crippen LogP contribution in [0.2, 0.25) is 0 Å². The topological polar surface area (TPSA) is 113 Å². The molecule has 0 heterocycles. The molecule has 118 valence electrons. The van der Waals surface area contributed by atoms with Gasteiger partial charge in [-0.2, -0.15) is 0 Å². The third kappa shape index (κ3) is 2.83. The molecule has 0 aliphatic heterocycles. The predicted molar refractivity (Wildman–Crippen MR) is 78.9 cm³/mol. The van der Waals surface area contributed by atoms with Crippen LogP contribution in [-0.4, -0.2) is 22.4 Å². The first kappa shape index (κ1) is 14.9. The predicted octanol–water partition coefficient (Wildman–Crippen LogP) is 2.79. The van der Waals surface area contributed by atoms with Crippen molar-refractivity contribution in [2.75, 3.05) is 6.61 Å². The Morgan fingerprint density at radius 1 is 1.13 bits per heavy atom. The highest BCUT2D eigenvalue weighted by molar-refractivity contribution is 5.91. The zero-order valence-corrected chi connectivity index (χ0v) is 11.9. The van der Waals surface area contributed by atoms with Crippen molar-refractivity contribution in [1.82, 2.24) is 0 Å². The maximum atomic E-state index is 12.0. The summed E-state index contributed by atoms with van der Waals surface area (Å²) in [6, 6.07) is 2.77. The van der Waals surface area contributed by atoms with E-state index in [1.54, 1.807) is 0 Å². The molecule has 0 unspecified atom stereocenters. The van der Waals surface area contributed by atoms with Gasteiger partial charge in [-0.3, -0.25) is 20.2 Å². The summed E-state index contributed by atoms with van der Waals surface area (Å²) in [6.45, 7) is 0.171. The van der Waals surface area contributed by atoms with Crippen molar-refractivity contribution in [2.45, 2.75) is 6.42 Å². The van der Waals surface area contributed by atoms with E-state index in [0.717, 1.165) is 24.6 Å². The molecule has 2 aliphatic rings. The van der Waals surface area contributed by atoms with Crippen LogP contribution in [-0.2, 0) is 4.74 Å². The summed E-state index contributed by atoms with van der Waals surface area (Å²) >= 11 is 0. The lowest BCUT2D eigenvalue weighted by molar-refractivity contribution is -0.394. The summed E-state index contributed by atoms with van der Waals surface area (Å²) in [5.41, 5.74) is -1.26. The van der Waals surface area contributed by atoms with E-state index in [9.17, 15) is 25.0 Å². The average molecular weight is 316 g/mol. The highest BCUT2D eigenvalue weighted by atomic mass is 16.6. The third-order valence-corrected chi connectivity index (χ3v) is 4.10. The monoisotopic (exact) mass is 316 g/mol. The molecule has 1 aromatic rings. The van der Waals surface area contributed by atoms with Gasteiger partial charge < -0.3 is 4.74 Å². The summed E-state index contributed by atoms with van der Waals surface area (Å²) in [4.78, 5) is 32.1. The zero-order valence-electron chi connectivity index (χ0n) is 11.9. The van der Waals surface area contributed by atoms with Gasteiger partial charge in [-0.1, -0.05) is 24.3 Å². The van der Waals surface area contributed by atoms with Crippen molar-refractivity contribution in [3.63, 3.8) is 0 Å². The smallest absolute Gasteiger partial charge is 0.338 e. The number of rotatable bonds is 5. The van der Waals surface area contributed by atoms with Gasteiger partial charge >= 0.3 is 5.97 Å². The first-order valence-electron chi connectivity index (χ1n) is 6.89. The van der Waals surface area contributed by atoms with Gasteiger partial charge in [0.15, 0.2) is 0 Å². The van der Waals surface area contributed by atoms with Gasteiger partial charge in [0.1, 0.15) is 0 Å². The second-order valence-corrected chi connectivity index (χ2v) is 5.58. The first-order valence-corrected chi connectivity index (χ1v) is 6.89. The van der Waals surface area contributed by atoms with Crippen LogP contribution in [0.25, 0.3) is 0 Å². The van der Waals surface area contributed by atoms with E-state index in [1.807, 2.05) is 24.3 Å². The number of hydrogen-bond donors (Lipinski definition) is 0. The largest absolute Gasteiger partial charge is 0.462 e. The SMILES string of the molecule is O=C(OC[C@@H]1CC12C=CC=C2)c1cc([N+](=O)[O-])cc([N+](=O)[O-])c1. The first-order chi connectivity index (χ1) is 10.9. The van der Waals surface area contributed by atoms with Crippen LogP contribution in [0.15, 0.2) is 42.5 Å². The Kier molecular flexibility index (Phi) is 3.44. The van der Waals surface area contributed by atoms with Crippen LogP contribution < -0.4 is 0 Å². The number of nitro benzene ring substituents is 2. The summed E-state index contributed by atoms with van der Waals surface area (Å²) in [5.74, 6) is -0.625. The van der Waals surface area contributed by atoms with E-state index in [-0.39, 0.29) is 23.5 Å². The number of benzene rings is 1. The van der Waals surface area contributed by atoms with Gasteiger partial charge in [-0.05, 0) is 6.42 Å². The molecule has 0 saturated heterocycles. The van der Waals surface area contributed by atoms with Crippen molar-refractivity contribution in [3.8, 4) is 0 Å². The lowest BCUT2D eigenvalue weighted by atomic mass is 10.1. The molecule has 1 atom stereocenters. The highest BCUT2D eigenvalue weighted by Gasteiger charge is 2.51. The molecule has 1 saturated carbocycles. The van der Waals surface area contributed by atoms with E-state index < -0.39 is 27.2 Å². The molecule has 0 amide bonds. The fourth-order valence-corrected chi connectivity index (χ4v) is 2.70.